The fourth-order valence-corrected chi connectivity index (χ4v) is 3.24. The van der Waals surface area contributed by atoms with Crippen molar-refractivity contribution in [1.29, 1.82) is 0 Å². The largest absolute Gasteiger partial charge is 0.465 e. The summed E-state index contributed by atoms with van der Waals surface area (Å²) < 4.78 is 6.75. The Morgan fingerprint density at radius 3 is 2.68 bits per heavy atom. The second-order valence-corrected chi connectivity index (χ2v) is 5.91. The van der Waals surface area contributed by atoms with Crippen molar-refractivity contribution < 1.29 is 14.3 Å². The van der Waals surface area contributed by atoms with Crippen molar-refractivity contribution in [3.8, 4) is 11.1 Å². The third-order valence-electron chi connectivity index (χ3n) is 4.31. The maximum Gasteiger partial charge on any atom is 0.337 e. The number of pyridine rings is 1. The van der Waals surface area contributed by atoms with Crippen LogP contribution in [0.3, 0.4) is 0 Å². The smallest absolute Gasteiger partial charge is 0.337 e. The average Bonchev–Trinajstić information content (AvgIpc) is 2.93. The van der Waals surface area contributed by atoms with E-state index in [4.69, 9.17) is 4.74 Å². The fourth-order valence-electron chi connectivity index (χ4n) is 3.24. The highest BCUT2D eigenvalue weighted by Gasteiger charge is 2.21. The molecule has 2 heterocycles. The molecular weight excluding hydrogens is 314 g/mol. The molecule has 3 rings (SSSR count). The van der Waals surface area contributed by atoms with E-state index in [1.807, 2.05) is 61.2 Å². The van der Waals surface area contributed by atoms with E-state index in [0.717, 1.165) is 22.2 Å². The highest BCUT2D eigenvalue weighted by molar-refractivity contribution is 6.03. The number of fused-ring (bicyclic) bond motifs is 1. The van der Waals surface area contributed by atoms with Crippen LogP contribution in [0, 0.1) is 13.3 Å². The molecule has 1 radical (unpaired) electrons. The Labute approximate surface area is 147 Å². The van der Waals surface area contributed by atoms with Crippen LogP contribution >= 0.6 is 0 Å². The van der Waals surface area contributed by atoms with Gasteiger partial charge in [-0.1, -0.05) is 25.1 Å². The van der Waals surface area contributed by atoms with Gasteiger partial charge in [0.25, 0.3) is 0 Å². The third kappa shape index (κ3) is 2.95. The van der Waals surface area contributed by atoms with Gasteiger partial charge < -0.3 is 9.14 Å². The summed E-state index contributed by atoms with van der Waals surface area (Å²) >= 11 is 0. The SMILES string of the molecule is C[CH]CC(=O)c1c(C)c(-c2cccc(C(=O)OC)c2)c2ccccn12. The predicted molar refractivity (Wildman–Crippen MR) is 97.8 cm³/mol. The number of carbonyl (C=O) groups is 2. The summed E-state index contributed by atoms with van der Waals surface area (Å²) in [4.78, 5) is 24.5. The van der Waals surface area contributed by atoms with Crippen LogP contribution in [-0.4, -0.2) is 23.3 Å². The zero-order chi connectivity index (χ0) is 18.0. The highest BCUT2D eigenvalue weighted by Crippen LogP contribution is 2.34. The molecule has 0 saturated carbocycles. The van der Waals surface area contributed by atoms with Crippen LogP contribution < -0.4 is 0 Å². The van der Waals surface area contributed by atoms with Gasteiger partial charge in [-0.05, 0) is 48.7 Å². The Hall–Kier alpha value is -2.88. The van der Waals surface area contributed by atoms with Crippen LogP contribution in [0.5, 0.6) is 0 Å². The molecule has 0 fully saturated rings. The van der Waals surface area contributed by atoms with Gasteiger partial charge in [-0.2, -0.15) is 0 Å². The Morgan fingerprint density at radius 1 is 1.16 bits per heavy atom. The van der Waals surface area contributed by atoms with Gasteiger partial charge in [0.15, 0.2) is 5.78 Å². The number of nitrogens with zero attached hydrogens (tertiary/aromatic N) is 1. The highest BCUT2D eigenvalue weighted by atomic mass is 16.5. The van der Waals surface area contributed by atoms with Crippen LogP contribution in [0.2, 0.25) is 0 Å². The number of methoxy groups -OCH3 is 1. The van der Waals surface area contributed by atoms with Crippen LogP contribution in [0.4, 0.5) is 0 Å². The Bertz CT molecular complexity index is 953. The quantitative estimate of drug-likeness (QED) is 0.510. The summed E-state index contributed by atoms with van der Waals surface area (Å²) in [5.74, 6) is -0.295. The van der Waals surface area contributed by atoms with E-state index in [9.17, 15) is 9.59 Å². The van der Waals surface area contributed by atoms with Gasteiger partial charge in [0.2, 0.25) is 0 Å². The van der Waals surface area contributed by atoms with Crippen LogP contribution in [0.1, 0.15) is 39.8 Å². The number of Topliss-reactive ketones (excluding diaryl/α,β-unsaturated/α-hetero) is 1. The first kappa shape index (κ1) is 17.0. The maximum atomic E-state index is 12.6. The second-order valence-electron chi connectivity index (χ2n) is 5.91. The van der Waals surface area contributed by atoms with Crippen molar-refractivity contribution in [2.24, 2.45) is 0 Å². The molecule has 3 aromatic rings. The summed E-state index contributed by atoms with van der Waals surface area (Å²) in [6, 6.07) is 13.1. The Balaban J connectivity index is 2.25. The number of carbonyl (C=O) groups excluding carboxylic acids is 2. The molecular formula is C21H20NO3. The van der Waals surface area contributed by atoms with Gasteiger partial charge in [0, 0.05) is 18.2 Å². The van der Waals surface area contributed by atoms with Crippen LogP contribution in [0.25, 0.3) is 16.6 Å². The number of hydrogen-bond donors (Lipinski definition) is 0. The zero-order valence-corrected chi connectivity index (χ0v) is 14.6. The molecule has 25 heavy (non-hydrogen) atoms. The minimum Gasteiger partial charge on any atom is -0.465 e. The predicted octanol–water partition coefficient (Wildman–Crippen LogP) is 4.50. The average molecular weight is 334 g/mol. The fraction of sp³-hybridized carbons (Fsp3) is 0.190. The summed E-state index contributed by atoms with van der Waals surface area (Å²) in [6.07, 6.45) is 4.16. The zero-order valence-electron chi connectivity index (χ0n) is 14.6. The summed E-state index contributed by atoms with van der Waals surface area (Å²) in [6.45, 7) is 3.83. The van der Waals surface area contributed by atoms with Gasteiger partial charge in [-0.15, -0.1) is 0 Å². The number of ketones is 1. The van der Waals surface area contributed by atoms with Crippen molar-refractivity contribution in [2.75, 3.05) is 7.11 Å². The molecule has 0 amide bonds. The van der Waals surface area contributed by atoms with Gasteiger partial charge >= 0.3 is 5.97 Å². The van der Waals surface area contributed by atoms with Crippen LogP contribution in [0.15, 0.2) is 48.7 Å². The molecule has 0 N–H and O–H groups in total. The Kier molecular flexibility index (Phi) is 4.70. The lowest BCUT2D eigenvalue weighted by Crippen LogP contribution is -2.04. The van der Waals surface area contributed by atoms with Crippen molar-refractivity contribution in [3.63, 3.8) is 0 Å². The molecule has 4 heteroatoms. The van der Waals surface area contributed by atoms with Crippen molar-refractivity contribution in [1.82, 2.24) is 4.40 Å². The number of esters is 1. The number of rotatable bonds is 5. The molecule has 0 saturated heterocycles. The number of hydrogen-bond acceptors (Lipinski definition) is 3. The molecule has 0 atom stereocenters. The number of aromatic nitrogens is 1. The molecule has 0 aliphatic heterocycles. The molecule has 4 nitrogen and oxygen atoms in total. The minimum atomic E-state index is -0.375. The van der Waals surface area contributed by atoms with Crippen molar-refractivity contribution in [3.05, 3.63) is 71.9 Å². The Morgan fingerprint density at radius 2 is 1.96 bits per heavy atom. The van der Waals surface area contributed by atoms with Crippen LogP contribution in [-0.2, 0) is 4.74 Å². The lowest BCUT2D eigenvalue weighted by Gasteiger charge is -2.05. The first-order valence-corrected chi connectivity index (χ1v) is 8.18. The molecule has 127 valence electrons. The molecule has 0 bridgehead atoms. The molecule has 1 aromatic carbocycles. The summed E-state index contributed by atoms with van der Waals surface area (Å²) in [5.41, 5.74) is 4.90. The van der Waals surface area contributed by atoms with Gasteiger partial charge in [0.05, 0.1) is 23.9 Å². The molecule has 0 aliphatic rings. The molecule has 0 spiro atoms. The summed E-state index contributed by atoms with van der Waals surface area (Å²) in [5, 5.41) is 0. The lowest BCUT2D eigenvalue weighted by molar-refractivity contribution is 0.0600. The molecule has 0 unspecified atom stereocenters. The van der Waals surface area contributed by atoms with Gasteiger partial charge in [0.1, 0.15) is 0 Å². The second kappa shape index (κ2) is 6.93. The van der Waals surface area contributed by atoms with E-state index < -0.39 is 0 Å². The normalized spacial score (nSPS) is 10.8. The van der Waals surface area contributed by atoms with Gasteiger partial charge in [-0.25, -0.2) is 4.79 Å². The first-order chi connectivity index (χ1) is 12.1. The van der Waals surface area contributed by atoms with Crippen molar-refractivity contribution >= 4 is 17.3 Å². The standard InChI is InChI=1S/C21H20NO3/c1-4-8-18(23)20-14(2)19(17-11-5-6-12-22(17)20)15-9-7-10-16(13-15)21(24)25-3/h4-7,9-13H,8H2,1-3H3. The lowest BCUT2D eigenvalue weighted by atomic mass is 9.98. The van der Waals surface area contributed by atoms with E-state index >= 15 is 0 Å². The third-order valence-corrected chi connectivity index (χ3v) is 4.31. The number of ether oxygens (including phenoxy) is 1. The number of benzene rings is 1. The maximum absolute atomic E-state index is 12.6. The molecule has 2 aromatic heterocycles. The monoisotopic (exact) mass is 334 g/mol. The topological polar surface area (TPSA) is 47.8 Å². The van der Waals surface area contributed by atoms with Crippen molar-refractivity contribution in [2.45, 2.75) is 20.3 Å². The first-order valence-electron chi connectivity index (χ1n) is 8.18. The van der Waals surface area contributed by atoms with E-state index in [2.05, 4.69) is 0 Å². The molecule has 0 aliphatic carbocycles. The van der Waals surface area contributed by atoms with E-state index in [1.165, 1.54) is 7.11 Å². The van der Waals surface area contributed by atoms with Gasteiger partial charge in [-0.3, -0.25) is 4.79 Å². The summed E-state index contributed by atoms with van der Waals surface area (Å²) in [7, 11) is 1.37. The van der Waals surface area contributed by atoms with E-state index in [1.54, 1.807) is 12.1 Å². The van der Waals surface area contributed by atoms with E-state index in [-0.39, 0.29) is 11.8 Å². The van der Waals surface area contributed by atoms with E-state index in [0.29, 0.717) is 17.7 Å². The minimum absolute atomic E-state index is 0.0802.